The molecule has 2 atom stereocenters. The molecule has 1 rings (SSSR count). The quantitative estimate of drug-likeness (QED) is 0.811. The fourth-order valence-electron chi connectivity index (χ4n) is 2.14. The highest BCUT2D eigenvalue weighted by molar-refractivity contribution is 5.20. The van der Waals surface area contributed by atoms with Gasteiger partial charge in [-0.25, -0.2) is 8.78 Å². The van der Waals surface area contributed by atoms with Gasteiger partial charge in [0.05, 0.1) is 6.10 Å². The highest BCUT2D eigenvalue weighted by Crippen LogP contribution is 2.15. The Bertz CT molecular complexity index is 367. The number of nitrogens with one attached hydrogen (secondary N) is 1. The van der Waals surface area contributed by atoms with Gasteiger partial charge in [-0.05, 0) is 31.0 Å². The molecule has 0 heterocycles. The van der Waals surface area contributed by atoms with Gasteiger partial charge in [-0.15, -0.1) is 0 Å². The zero-order valence-electron chi connectivity index (χ0n) is 11.2. The minimum atomic E-state index is -0.546. The second-order valence-electron chi connectivity index (χ2n) is 4.29. The summed E-state index contributed by atoms with van der Waals surface area (Å²) in [6, 6.07) is 3.74. The Morgan fingerprint density at radius 1 is 1.28 bits per heavy atom. The first-order chi connectivity index (χ1) is 8.62. The molecule has 1 aromatic rings. The molecule has 0 amide bonds. The maximum atomic E-state index is 13.6. The van der Waals surface area contributed by atoms with Gasteiger partial charge in [0.2, 0.25) is 0 Å². The van der Waals surface area contributed by atoms with Gasteiger partial charge in [0.1, 0.15) is 11.6 Å². The van der Waals surface area contributed by atoms with Crippen LogP contribution < -0.4 is 5.32 Å². The summed E-state index contributed by atoms with van der Waals surface area (Å²) in [6.45, 7) is 4.81. The predicted molar refractivity (Wildman–Crippen MR) is 68.6 cm³/mol. The normalized spacial score (nSPS) is 14.5. The van der Waals surface area contributed by atoms with Gasteiger partial charge in [-0.2, -0.15) is 0 Å². The lowest BCUT2D eigenvalue weighted by Crippen LogP contribution is -2.42. The number of hydrogen-bond acceptors (Lipinski definition) is 2. The van der Waals surface area contributed by atoms with E-state index >= 15 is 0 Å². The van der Waals surface area contributed by atoms with Crippen molar-refractivity contribution in [2.45, 2.75) is 38.8 Å². The molecule has 0 aliphatic rings. The van der Waals surface area contributed by atoms with E-state index in [9.17, 15) is 8.78 Å². The lowest BCUT2D eigenvalue weighted by atomic mass is 9.99. The number of likely N-dealkylation sites (N-methyl/N-ethyl adjacent to an activating group) is 1. The second-order valence-corrected chi connectivity index (χ2v) is 4.29. The topological polar surface area (TPSA) is 21.3 Å². The Hall–Kier alpha value is -1.00. The van der Waals surface area contributed by atoms with E-state index in [1.165, 1.54) is 12.1 Å². The van der Waals surface area contributed by atoms with E-state index in [-0.39, 0.29) is 12.1 Å². The van der Waals surface area contributed by atoms with Gasteiger partial charge in [-0.3, -0.25) is 0 Å². The fourth-order valence-corrected chi connectivity index (χ4v) is 2.14. The molecule has 1 aromatic carbocycles. The maximum Gasteiger partial charge on any atom is 0.129 e. The van der Waals surface area contributed by atoms with Gasteiger partial charge in [0.15, 0.2) is 0 Å². The van der Waals surface area contributed by atoms with Crippen LogP contribution in [0.25, 0.3) is 0 Å². The molecule has 0 saturated carbocycles. The van der Waals surface area contributed by atoms with E-state index in [2.05, 4.69) is 5.32 Å². The minimum Gasteiger partial charge on any atom is -0.380 e. The van der Waals surface area contributed by atoms with Crippen LogP contribution in [0, 0.1) is 11.6 Å². The molecule has 1 N–H and O–H groups in total. The molecule has 2 unspecified atom stereocenters. The van der Waals surface area contributed by atoms with Crippen LogP contribution in [0.2, 0.25) is 0 Å². The van der Waals surface area contributed by atoms with Crippen molar-refractivity contribution in [3.63, 3.8) is 0 Å². The van der Waals surface area contributed by atoms with Crippen LogP contribution in [-0.2, 0) is 11.2 Å². The Kier molecular flexibility index (Phi) is 6.22. The van der Waals surface area contributed by atoms with Gasteiger partial charge in [-0.1, -0.05) is 19.9 Å². The average Bonchev–Trinajstić information content (AvgIpc) is 2.34. The molecule has 102 valence electrons. The third-order valence-electron chi connectivity index (χ3n) is 3.08. The highest BCUT2D eigenvalue weighted by atomic mass is 19.1. The standard InChI is InChI=1S/C14H21F2NO/c1-4-14(18-3)13(17-5-2)8-10-6-7-11(15)9-12(10)16/h6-7,9,13-14,17H,4-5,8H2,1-3H3. The number of benzene rings is 1. The first-order valence-electron chi connectivity index (χ1n) is 6.32. The van der Waals surface area contributed by atoms with Crippen LogP contribution >= 0.6 is 0 Å². The molecule has 0 saturated heterocycles. The average molecular weight is 257 g/mol. The summed E-state index contributed by atoms with van der Waals surface area (Å²) in [4.78, 5) is 0. The molecule has 18 heavy (non-hydrogen) atoms. The maximum absolute atomic E-state index is 13.6. The van der Waals surface area contributed by atoms with E-state index in [0.717, 1.165) is 19.0 Å². The molecule has 0 spiro atoms. The van der Waals surface area contributed by atoms with E-state index in [4.69, 9.17) is 4.74 Å². The summed E-state index contributed by atoms with van der Waals surface area (Å²) in [5, 5.41) is 3.29. The summed E-state index contributed by atoms with van der Waals surface area (Å²) in [7, 11) is 1.65. The van der Waals surface area contributed by atoms with Gasteiger partial charge < -0.3 is 10.1 Å². The first-order valence-corrected chi connectivity index (χ1v) is 6.32. The van der Waals surface area contributed by atoms with Crippen LogP contribution in [-0.4, -0.2) is 25.8 Å². The van der Waals surface area contributed by atoms with E-state index in [1.54, 1.807) is 7.11 Å². The second kappa shape index (κ2) is 7.44. The van der Waals surface area contributed by atoms with Gasteiger partial charge >= 0.3 is 0 Å². The van der Waals surface area contributed by atoms with E-state index < -0.39 is 11.6 Å². The number of rotatable bonds is 7. The molecule has 4 heteroatoms. The van der Waals surface area contributed by atoms with Crippen molar-refractivity contribution in [3.05, 3.63) is 35.4 Å². The van der Waals surface area contributed by atoms with Crippen molar-refractivity contribution in [2.75, 3.05) is 13.7 Å². The van der Waals surface area contributed by atoms with Crippen molar-refractivity contribution in [1.29, 1.82) is 0 Å². The smallest absolute Gasteiger partial charge is 0.129 e. The number of methoxy groups -OCH3 is 1. The molecule has 0 fully saturated rings. The SMILES string of the molecule is CCNC(Cc1ccc(F)cc1F)C(CC)OC. The van der Waals surface area contributed by atoms with Crippen molar-refractivity contribution >= 4 is 0 Å². The monoisotopic (exact) mass is 257 g/mol. The predicted octanol–water partition coefficient (Wildman–Crippen LogP) is 2.91. The zero-order chi connectivity index (χ0) is 13.5. The molecule has 2 nitrogen and oxygen atoms in total. The number of hydrogen-bond donors (Lipinski definition) is 1. The van der Waals surface area contributed by atoms with Gasteiger partial charge in [0, 0.05) is 19.2 Å². The summed E-state index contributed by atoms with van der Waals surface area (Å²) >= 11 is 0. The van der Waals surface area contributed by atoms with Crippen LogP contribution in [0.15, 0.2) is 18.2 Å². The van der Waals surface area contributed by atoms with Crippen LogP contribution in [0.3, 0.4) is 0 Å². The molecule has 0 aliphatic carbocycles. The zero-order valence-corrected chi connectivity index (χ0v) is 11.2. The number of ether oxygens (including phenoxy) is 1. The Morgan fingerprint density at radius 2 is 2.00 bits per heavy atom. The van der Waals surface area contributed by atoms with E-state index in [0.29, 0.717) is 12.0 Å². The molecule has 0 radical (unpaired) electrons. The van der Waals surface area contributed by atoms with Crippen LogP contribution in [0.5, 0.6) is 0 Å². The first kappa shape index (κ1) is 15.1. The molecule has 0 aromatic heterocycles. The highest BCUT2D eigenvalue weighted by Gasteiger charge is 2.20. The molecular weight excluding hydrogens is 236 g/mol. The van der Waals surface area contributed by atoms with E-state index in [1.807, 2.05) is 13.8 Å². The number of halogens is 2. The van der Waals surface area contributed by atoms with Crippen molar-refractivity contribution in [3.8, 4) is 0 Å². The summed E-state index contributed by atoms with van der Waals surface area (Å²) < 4.78 is 31.8. The summed E-state index contributed by atoms with van der Waals surface area (Å²) in [6.07, 6.45) is 1.36. The Labute approximate surface area is 107 Å². The van der Waals surface area contributed by atoms with Crippen molar-refractivity contribution in [2.24, 2.45) is 0 Å². The Morgan fingerprint density at radius 3 is 2.50 bits per heavy atom. The van der Waals surface area contributed by atoms with Crippen LogP contribution in [0.1, 0.15) is 25.8 Å². The summed E-state index contributed by atoms with van der Waals surface area (Å²) in [5.74, 6) is -1.04. The van der Waals surface area contributed by atoms with Crippen molar-refractivity contribution < 1.29 is 13.5 Å². The fraction of sp³-hybridized carbons (Fsp3) is 0.571. The Balaban J connectivity index is 2.82. The van der Waals surface area contributed by atoms with Gasteiger partial charge in [0.25, 0.3) is 0 Å². The van der Waals surface area contributed by atoms with Crippen LogP contribution in [0.4, 0.5) is 8.78 Å². The molecule has 0 bridgehead atoms. The van der Waals surface area contributed by atoms with Crippen molar-refractivity contribution in [1.82, 2.24) is 5.32 Å². The lowest BCUT2D eigenvalue weighted by molar-refractivity contribution is 0.0656. The molecular formula is C14H21F2NO. The largest absolute Gasteiger partial charge is 0.380 e. The molecule has 0 aliphatic heterocycles. The summed E-state index contributed by atoms with van der Waals surface area (Å²) in [5.41, 5.74) is 0.512. The lowest BCUT2D eigenvalue weighted by Gasteiger charge is -2.26. The minimum absolute atomic E-state index is 0.0226. The third-order valence-corrected chi connectivity index (χ3v) is 3.08. The third kappa shape index (κ3) is 4.03.